The van der Waals surface area contributed by atoms with Crippen LogP contribution in [-0.4, -0.2) is 22.8 Å². The van der Waals surface area contributed by atoms with Gasteiger partial charge in [-0.15, -0.1) is 0 Å². The van der Waals surface area contributed by atoms with Gasteiger partial charge in [-0.25, -0.2) is 4.79 Å². The summed E-state index contributed by atoms with van der Waals surface area (Å²) in [4.78, 5) is 11.3. The Morgan fingerprint density at radius 2 is 2.21 bits per heavy atom. The number of phenols is 1. The van der Waals surface area contributed by atoms with Gasteiger partial charge in [0.15, 0.2) is 0 Å². The lowest BCUT2D eigenvalue weighted by Gasteiger charge is -2.07. The van der Waals surface area contributed by atoms with Crippen LogP contribution < -0.4 is 0 Å². The standard InChI is InChI=1S/C10H10O4/c11-5-4-8-6-2-1-3-7(12)9(6)10(13)14-8/h1-3,8,11-12H,4-5H2/t8-/m1/s1. The van der Waals surface area contributed by atoms with Gasteiger partial charge in [-0.2, -0.15) is 0 Å². The molecule has 0 unspecified atom stereocenters. The van der Waals surface area contributed by atoms with Gasteiger partial charge in [-0.3, -0.25) is 0 Å². The van der Waals surface area contributed by atoms with E-state index >= 15 is 0 Å². The molecule has 4 heteroatoms. The molecule has 1 atom stereocenters. The van der Waals surface area contributed by atoms with E-state index in [4.69, 9.17) is 9.84 Å². The number of ether oxygens (including phenoxy) is 1. The van der Waals surface area contributed by atoms with Crippen LogP contribution in [-0.2, 0) is 4.74 Å². The molecule has 74 valence electrons. The van der Waals surface area contributed by atoms with Crippen molar-refractivity contribution in [3.05, 3.63) is 29.3 Å². The third-order valence-corrected chi connectivity index (χ3v) is 2.27. The second-order valence-corrected chi connectivity index (χ2v) is 3.15. The van der Waals surface area contributed by atoms with Crippen molar-refractivity contribution in [2.24, 2.45) is 0 Å². The highest BCUT2D eigenvalue weighted by Gasteiger charge is 2.32. The quantitative estimate of drug-likeness (QED) is 0.689. The first-order chi connectivity index (χ1) is 6.74. The maximum Gasteiger partial charge on any atom is 0.342 e. The summed E-state index contributed by atoms with van der Waals surface area (Å²) in [5, 5.41) is 18.2. The molecule has 4 nitrogen and oxygen atoms in total. The Bertz CT molecular complexity index is 372. The highest BCUT2D eigenvalue weighted by molar-refractivity contribution is 5.96. The van der Waals surface area contributed by atoms with Gasteiger partial charge < -0.3 is 14.9 Å². The summed E-state index contributed by atoms with van der Waals surface area (Å²) >= 11 is 0. The highest BCUT2D eigenvalue weighted by Crippen LogP contribution is 2.37. The molecule has 0 saturated heterocycles. The SMILES string of the molecule is O=C1O[C@H](CCO)c2cccc(O)c21. The minimum absolute atomic E-state index is 0.0486. The topological polar surface area (TPSA) is 66.8 Å². The molecule has 0 amide bonds. The van der Waals surface area contributed by atoms with Gasteiger partial charge >= 0.3 is 5.97 Å². The first-order valence-corrected chi connectivity index (χ1v) is 4.37. The normalized spacial score (nSPS) is 19.2. The summed E-state index contributed by atoms with van der Waals surface area (Å²) in [6, 6.07) is 4.82. The summed E-state index contributed by atoms with van der Waals surface area (Å²) in [7, 11) is 0. The Kier molecular flexibility index (Phi) is 2.13. The molecule has 1 heterocycles. The molecule has 2 N–H and O–H groups in total. The summed E-state index contributed by atoms with van der Waals surface area (Å²) in [6.45, 7) is -0.0486. The van der Waals surface area contributed by atoms with Crippen LogP contribution in [0.1, 0.15) is 28.4 Å². The van der Waals surface area contributed by atoms with Crippen LogP contribution in [0, 0.1) is 0 Å². The van der Waals surface area contributed by atoms with Gasteiger partial charge in [0.1, 0.15) is 17.4 Å². The molecule has 0 bridgehead atoms. The summed E-state index contributed by atoms with van der Waals surface area (Å²) in [5.41, 5.74) is 0.884. The second kappa shape index (κ2) is 3.31. The van der Waals surface area contributed by atoms with Crippen LogP contribution in [0.2, 0.25) is 0 Å². The van der Waals surface area contributed by atoms with E-state index in [1.165, 1.54) is 6.07 Å². The first-order valence-electron chi connectivity index (χ1n) is 4.37. The number of carbonyl (C=O) groups excluding carboxylic acids is 1. The van der Waals surface area contributed by atoms with Crippen molar-refractivity contribution in [2.45, 2.75) is 12.5 Å². The molecular formula is C10H10O4. The predicted octanol–water partition coefficient (Wildman–Crippen LogP) is 0.986. The van der Waals surface area contributed by atoms with Crippen LogP contribution in [0.4, 0.5) is 0 Å². The zero-order chi connectivity index (χ0) is 10.1. The third kappa shape index (κ3) is 1.24. The molecule has 0 aromatic heterocycles. The molecule has 0 radical (unpaired) electrons. The van der Waals surface area contributed by atoms with E-state index in [0.717, 1.165) is 0 Å². The number of esters is 1. The maximum absolute atomic E-state index is 11.3. The Balaban J connectivity index is 2.44. The number of aliphatic hydroxyl groups is 1. The monoisotopic (exact) mass is 194 g/mol. The van der Waals surface area contributed by atoms with Gasteiger partial charge in [-0.05, 0) is 6.07 Å². The zero-order valence-electron chi connectivity index (χ0n) is 7.43. The molecule has 0 spiro atoms. The summed E-state index contributed by atoms with van der Waals surface area (Å²) in [6.07, 6.45) is -0.0584. The lowest BCUT2D eigenvalue weighted by molar-refractivity contribution is 0.0331. The Morgan fingerprint density at radius 1 is 1.43 bits per heavy atom. The Morgan fingerprint density at radius 3 is 2.93 bits per heavy atom. The number of cyclic esters (lactones) is 1. The average Bonchev–Trinajstić information content (AvgIpc) is 2.46. The molecule has 14 heavy (non-hydrogen) atoms. The summed E-state index contributed by atoms with van der Waals surface area (Å²) in [5.74, 6) is -0.579. The van der Waals surface area contributed by atoms with Gasteiger partial charge in [-0.1, -0.05) is 12.1 Å². The van der Waals surface area contributed by atoms with Gasteiger partial charge in [0.2, 0.25) is 0 Å². The van der Waals surface area contributed by atoms with E-state index in [-0.39, 0.29) is 17.9 Å². The number of fused-ring (bicyclic) bond motifs is 1. The van der Waals surface area contributed by atoms with Crippen molar-refractivity contribution in [3.63, 3.8) is 0 Å². The minimum atomic E-state index is -0.517. The van der Waals surface area contributed by atoms with Crippen molar-refractivity contribution >= 4 is 5.97 Å². The van der Waals surface area contributed by atoms with Crippen molar-refractivity contribution in [3.8, 4) is 5.75 Å². The lowest BCUT2D eigenvalue weighted by Crippen LogP contribution is -2.00. The van der Waals surface area contributed by atoms with E-state index in [2.05, 4.69) is 0 Å². The van der Waals surface area contributed by atoms with Crippen LogP contribution in [0.15, 0.2) is 18.2 Å². The number of rotatable bonds is 2. The van der Waals surface area contributed by atoms with Gasteiger partial charge in [0, 0.05) is 18.6 Å². The number of phenolic OH excluding ortho intramolecular Hbond substituents is 1. The average molecular weight is 194 g/mol. The maximum atomic E-state index is 11.3. The molecule has 0 fully saturated rings. The van der Waals surface area contributed by atoms with Crippen LogP contribution >= 0.6 is 0 Å². The molecule has 0 aliphatic carbocycles. The summed E-state index contributed by atoms with van der Waals surface area (Å²) < 4.78 is 4.99. The van der Waals surface area contributed by atoms with Crippen molar-refractivity contribution in [1.29, 1.82) is 0 Å². The molecule has 0 saturated carbocycles. The molecule has 1 aromatic rings. The Labute approximate surface area is 80.7 Å². The van der Waals surface area contributed by atoms with Crippen molar-refractivity contribution < 1.29 is 19.7 Å². The first kappa shape index (κ1) is 9.02. The van der Waals surface area contributed by atoms with E-state index in [1.807, 2.05) is 0 Å². The van der Waals surface area contributed by atoms with Crippen LogP contribution in [0.3, 0.4) is 0 Å². The fourth-order valence-electron chi connectivity index (χ4n) is 1.63. The van der Waals surface area contributed by atoms with Gasteiger partial charge in [0.05, 0.1) is 0 Å². The molecule has 2 rings (SSSR count). The third-order valence-electron chi connectivity index (χ3n) is 2.27. The molecular weight excluding hydrogens is 184 g/mol. The molecule has 1 aliphatic heterocycles. The number of aliphatic hydroxyl groups excluding tert-OH is 1. The Hall–Kier alpha value is -1.55. The second-order valence-electron chi connectivity index (χ2n) is 3.15. The number of carbonyl (C=O) groups is 1. The van der Waals surface area contributed by atoms with Crippen molar-refractivity contribution in [1.82, 2.24) is 0 Å². The number of benzene rings is 1. The smallest absolute Gasteiger partial charge is 0.342 e. The fraction of sp³-hybridized carbons (Fsp3) is 0.300. The van der Waals surface area contributed by atoms with E-state index in [0.29, 0.717) is 12.0 Å². The molecule has 1 aliphatic rings. The lowest BCUT2D eigenvalue weighted by atomic mass is 10.0. The predicted molar refractivity (Wildman–Crippen MR) is 48.0 cm³/mol. The van der Waals surface area contributed by atoms with Crippen molar-refractivity contribution in [2.75, 3.05) is 6.61 Å². The van der Waals surface area contributed by atoms with Gasteiger partial charge in [0.25, 0.3) is 0 Å². The minimum Gasteiger partial charge on any atom is -0.507 e. The number of hydrogen-bond donors (Lipinski definition) is 2. The highest BCUT2D eigenvalue weighted by atomic mass is 16.5. The van der Waals surface area contributed by atoms with Crippen LogP contribution in [0.5, 0.6) is 5.75 Å². The molecule has 1 aromatic carbocycles. The fourth-order valence-corrected chi connectivity index (χ4v) is 1.63. The number of aromatic hydroxyl groups is 1. The van der Waals surface area contributed by atoms with E-state index in [9.17, 15) is 9.90 Å². The van der Waals surface area contributed by atoms with E-state index < -0.39 is 12.1 Å². The largest absolute Gasteiger partial charge is 0.507 e. The zero-order valence-corrected chi connectivity index (χ0v) is 7.43. The van der Waals surface area contributed by atoms with E-state index in [1.54, 1.807) is 12.1 Å². The number of hydrogen-bond acceptors (Lipinski definition) is 4. The van der Waals surface area contributed by atoms with Crippen LogP contribution in [0.25, 0.3) is 0 Å².